The second-order valence-corrected chi connectivity index (χ2v) is 25.5. The molecule has 330 valence electrons. The summed E-state index contributed by atoms with van der Waals surface area (Å²) in [5.74, 6) is -2.16. The van der Waals surface area contributed by atoms with E-state index in [9.17, 15) is 9.59 Å². The van der Waals surface area contributed by atoms with Crippen LogP contribution in [0.15, 0.2) is 72.3 Å². The van der Waals surface area contributed by atoms with Crippen molar-refractivity contribution < 1.29 is 52.0 Å². The molecule has 10 rings (SSSR count). The minimum atomic E-state index is -2.57. The van der Waals surface area contributed by atoms with Crippen molar-refractivity contribution in [2.24, 2.45) is 45.8 Å². The van der Waals surface area contributed by atoms with Crippen LogP contribution in [0.25, 0.3) is 0 Å². The molecule has 0 amide bonds. The molecule has 13 unspecified atom stereocenters. The van der Waals surface area contributed by atoms with E-state index in [2.05, 4.69) is 60.7 Å². The quantitative estimate of drug-likeness (QED) is 0.0744. The predicted octanol–water partition coefficient (Wildman–Crippen LogP) is 8.32. The number of rotatable bonds is 15. The molecule has 4 aliphatic heterocycles. The fraction of sp³-hybridized carbons (Fsp3) is 0.653. The van der Waals surface area contributed by atoms with E-state index in [1.807, 2.05) is 60.7 Å². The lowest BCUT2D eigenvalue weighted by molar-refractivity contribution is -0.445. The van der Waals surface area contributed by atoms with Gasteiger partial charge in [-0.25, -0.2) is 4.79 Å². The maximum atomic E-state index is 16.2. The number of fused-ring (bicyclic) bond motifs is 2. The Morgan fingerprint density at radius 3 is 2.23 bits per heavy atom. The van der Waals surface area contributed by atoms with E-state index < -0.39 is 73.3 Å². The van der Waals surface area contributed by atoms with Gasteiger partial charge in [0.05, 0.1) is 18.6 Å². The summed E-state index contributed by atoms with van der Waals surface area (Å²) in [7, 11) is -2.57. The summed E-state index contributed by atoms with van der Waals surface area (Å²) < 4.78 is 52.9. The average Bonchev–Trinajstić information content (AvgIpc) is 3.96. The topological polar surface area (TPSA) is 125 Å². The number of esters is 2. The molecule has 61 heavy (non-hydrogen) atoms. The van der Waals surface area contributed by atoms with Gasteiger partial charge in [0.15, 0.2) is 26.8 Å². The Morgan fingerprint density at radius 1 is 0.951 bits per heavy atom. The van der Waals surface area contributed by atoms with Crippen LogP contribution in [0, 0.1) is 45.8 Å². The van der Waals surface area contributed by atoms with Gasteiger partial charge in [-0.05, 0) is 85.0 Å². The van der Waals surface area contributed by atoms with Crippen molar-refractivity contribution in [1.29, 1.82) is 0 Å². The normalized spacial score (nSPS) is 39.2. The Bertz CT molecular complexity index is 1990. The van der Waals surface area contributed by atoms with Crippen molar-refractivity contribution in [2.75, 3.05) is 19.8 Å². The number of benzene rings is 2. The molecule has 4 aliphatic carbocycles. The Balaban J connectivity index is 1.14. The predicted molar refractivity (Wildman–Crippen MR) is 227 cm³/mol. The average molecular weight is 857 g/mol. The summed E-state index contributed by atoms with van der Waals surface area (Å²) in [6.07, 6.45) is 2.10. The molecular weight excluding hydrogens is 793 g/mol. The minimum Gasteiger partial charge on any atom is -0.464 e. The first-order valence-corrected chi connectivity index (χ1v) is 25.5. The first-order chi connectivity index (χ1) is 29.0. The molecule has 8 aliphatic rings. The van der Waals surface area contributed by atoms with Gasteiger partial charge in [-0.3, -0.25) is 9.53 Å². The number of allylic oxidation sites excluding steroid dienone is 1. The van der Waals surface area contributed by atoms with Gasteiger partial charge in [0, 0.05) is 5.41 Å². The molecule has 2 aromatic carbocycles. The van der Waals surface area contributed by atoms with Crippen LogP contribution in [0.5, 0.6) is 0 Å². The van der Waals surface area contributed by atoms with Gasteiger partial charge in [-0.15, -0.1) is 0 Å². The molecule has 0 radical (unpaired) electrons. The standard InChI is InChI=1S/C49H64O11Si/c1-10-53-37(51)26-54-39-40-42(60-61(8,9)45(5,6)7)49(58-41(39)43(56-40)59-49)55-28-47-25-34-30(4)21-22-35(34)46(27-50)24-33(47)23-36(29(2)3)48(46,47)44(52)57-38(31-17-13-11-14-18-31)32-19-15-12-16-20-32/h11-20,23,27,29-30,33-35,38-43H,10,21-22,24-26,28H2,1-9H3. The summed E-state index contributed by atoms with van der Waals surface area (Å²) in [6.45, 7) is 19.1. The van der Waals surface area contributed by atoms with Crippen LogP contribution < -0.4 is 0 Å². The molecule has 3 saturated carbocycles. The van der Waals surface area contributed by atoms with Crippen LogP contribution in [-0.2, 0) is 52.0 Å². The number of carbonyl (C=O) groups excluding carboxylic acids is 3. The van der Waals surface area contributed by atoms with Crippen molar-refractivity contribution in [1.82, 2.24) is 0 Å². The summed E-state index contributed by atoms with van der Waals surface area (Å²) in [4.78, 5) is 43.1. The summed E-state index contributed by atoms with van der Waals surface area (Å²) >= 11 is 0. The fourth-order valence-electron chi connectivity index (χ4n) is 12.8. The number of ether oxygens (including phenoxy) is 7. The number of carbonyl (C=O) groups is 3. The van der Waals surface area contributed by atoms with Gasteiger partial charge in [-0.2, -0.15) is 0 Å². The third kappa shape index (κ3) is 6.20. The highest BCUT2D eigenvalue weighted by molar-refractivity contribution is 6.74. The van der Waals surface area contributed by atoms with Crippen LogP contribution >= 0.6 is 0 Å². The van der Waals surface area contributed by atoms with E-state index in [4.69, 9.17) is 37.6 Å². The smallest absolute Gasteiger partial charge is 0.332 e. The molecule has 0 spiro atoms. The van der Waals surface area contributed by atoms with Crippen molar-refractivity contribution in [2.45, 2.75) is 135 Å². The van der Waals surface area contributed by atoms with Gasteiger partial charge in [-0.1, -0.05) is 120 Å². The summed E-state index contributed by atoms with van der Waals surface area (Å²) in [5.41, 5.74) is -0.524. The molecule has 12 heteroatoms. The van der Waals surface area contributed by atoms with Gasteiger partial charge in [0.25, 0.3) is 0 Å². The zero-order valence-corrected chi connectivity index (χ0v) is 38.2. The number of hydrogen-bond acceptors (Lipinski definition) is 11. The third-order valence-corrected chi connectivity index (χ3v) is 20.9. The highest BCUT2D eigenvalue weighted by Crippen LogP contribution is 2.83. The maximum Gasteiger partial charge on any atom is 0.332 e. The zero-order chi connectivity index (χ0) is 43.3. The van der Waals surface area contributed by atoms with E-state index in [0.717, 1.165) is 35.8 Å². The molecule has 11 nitrogen and oxygen atoms in total. The Labute approximate surface area is 361 Å². The van der Waals surface area contributed by atoms with E-state index in [-0.39, 0.29) is 54.5 Å². The molecule has 2 aromatic rings. The second-order valence-electron chi connectivity index (χ2n) is 20.7. The van der Waals surface area contributed by atoms with Gasteiger partial charge < -0.3 is 37.6 Å². The van der Waals surface area contributed by atoms with Crippen molar-refractivity contribution in [3.05, 3.63) is 83.4 Å². The van der Waals surface area contributed by atoms with Gasteiger partial charge in [0.1, 0.15) is 36.6 Å². The van der Waals surface area contributed by atoms with Crippen LogP contribution in [0.3, 0.4) is 0 Å². The summed E-state index contributed by atoms with van der Waals surface area (Å²) in [5, 5.41) is -0.199. The fourth-order valence-corrected chi connectivity index (χ4v) is 14.1. The molecule has 4 saturated heterocycles. The lowest BCUT2D eigenvalue weighted by atomic mass is 9.43. The maximum absolute atomic E-state index is 16.2. The van der Waals surface area contributed by atoms with E-state index in [1.54, 1.807) is 6.92 Å². The first-order valence-electron chi connectivity index (χ1n) is 22.6. The third-order valence-electron chi connectivity index (χ3n) is 16.4. The van der Waals surface area contributed by atoms with Crippen LogP contribution in [-0.4, -0.2) is 83.0 Å². The Morgan fingerprint density at radius 2 is 1.62 bits per heavy atom. The molecule has 7 fully saturated rings. The largest absolute Gasteiger partial charge is 0.464 e. The number of hydrogen-bond donors (Lipinski definition) is 0. The van der Waals surface area contributed by atoms with Gasteiger partial charge in [0.2, 0.25) is 0 Å². The second kappa shape index (κ2) is 15.2. The van der Waals surface area contributed by atoms with Crippen LogP contribution in [0.4, 0.5) is 0 Å². The number of aldehydes is 1. The highest BCUT2D eigenvalue weighted by atomic mass is 28.4. The molecule has 0 N–H and O–H groups in total. The van der Waals surface area contributed by atoms with Crippen molar-refractivity contribution in [3.63, 3.8) is 0 Å². The Hall–Kier alpha value is -3.23. The molecule has 8 bridgehead atoms. The molecule has 4 heterocycles. The van der Waals surface area contributed by atoms with E-state index in [0.29, 0.717) is 18.8 Å². The van der Waals surface area contributed by atoms with Crippen LogP contribution in [0.1, 0.15) is 91.4 Å². The lowest BCUT2D eigenvalue weighted by Crippen LogP contribution is -2.68. The minimum absolute atomic E-state index is 0.0178. The monoisotopic (exact) mass is 856 g/mol. The first kappa shape index (κ1) is 43.0. The SMILES string of the molecule is CCOC(=O)COC1C2OC3(OCC45CC6C(C)CCC6C6(C=O)CC4C=C(C(C)C)C65C(=O)OC(c4ccccc4)c4ccccc4)OC2OC1C3O[Si](C)(C)C(C)(C)C. The summed E-state index contributed by atoms with van der Waals surface area (Å²) in [6, 6.07) is 19.7. The molecule has 13 atom stereocenters. The Kier molecular flexibility index (Phi) is 10.7. The van der Waals surface area contributed by atoms with Crippen LogP contribution in [0.2, 0.25) is 18.1 Å². The molecule has 0 aromatic heterocycles. The van der Waals surface area contributed by atoms with Gasteiger partial charge >= 0.3 is 17.9 Å². The lowest BCUT2D eigenvalue weighted by Gasteiger charge is -2.59. The highest BCUT2D eigenvalue weighted by Gasteiger charge is 2.85. The van der Waals surface area contributed by atoms with Crippen molar-refractivity contribution >= 4 is 26.5 Å². The molecular formula is C49H64O11Si. The van der Waals surface area contributed by atoms with Crippen molar-refractivity contribution in [3.8, 4) is 0 Å². The van der Waals surface area contributed by atoms with E-state index >= 15 is 4.79 Å². The zero-order valence-electron chi connectivity index (χ0n) is 37.2. The van der Waals surface area contributed by atoms with E-state index in [1.165, 1.54) is 0 Å².